The van der Waals surface area contributed by atoms with Crippen LogP contribution in [-0.2, 0) is 12.6 Å². The minimum atomic E-state index is -4.15. The van der Waals surface area contributed by atoms with Crippen molar-refractivity contribution in [1.82, 2.24) is 0 Å². The molecule has 0 bridgehead atoms. The van der Waals surface area contributed by atoms with E-state index in [2.05, 4.69) is 6.92 Å². The zero-order valence-electron chi connectivity index (χ0n) is 16.9. The summed E-state index contributed by atoms with van der Waals surface area (Å²) in [6.45, 7) is 4.01. The van der Waals surface area contributed by atoms with Crippen molar-refractivity contribution >= 4 is 59.3 Å². The van der Waals surface area contributed by atoms with Crippen molar-refractivity contribution in [3.63, 3.8) is 0 Å². The van der Waals surface area contributed by atoms with E-state index >= 15 is 0 Å². The molecule has 3 nitrogen and oxygen atoms in total. The van der Waals surface area contributed by atoms with Crippen LogP contribution in [0.5, 0.6) is 0 Å². The zero-order chi connectivity index (χ0) is 21.8. The van der Waals surface area contributed by atoms with Gasteiger partial charge in [0.2, 0.25) is 0 Å². The van der Waals surface area contributed by atoms with Gasteiger partial charge in [0.05, 0.1) is 0 Å². The topological polar surface area (TPSA) is 43.4 Å². The first-order valence-electron chi connectivity index (χ1n) is 9.81. The third-order valence-electron chi connectivity index (χ3n) is 5.07. The molecule has 3 aromatic rings. The molecule has 0 fully saturated rings. The summed E-state index contributed by atoms with van der Waals surface area (Å²) < 4.78 is 35.6. The van der Waals surface area contributed by atoms with Gasteiger partial charge in [0.15, 0.2) is 0 Å². The quantitative estimate of drug-likeness (QED) is 0.333. The average molecular weight is 570 g/mol. The van der Waals surface area contributed by atoms with E-state index in [1.54, 1.807) is 48.5 Å². The molecule has 0 spiro atoms. The Labute approximate surface area is 193 Å². The van der Waals surface area contributed by atoms with Crippen molar-refractivity contribution in [2.24, 2.45) is 0 Å². The summed E-state index contributed by atoms with van der Waals surface area (Å²) in [5.74, 6) is 0. The number of unbranched alkanes of at least 4 members (excludes halogenated alkanes) is 1. The molecule has 158 valence electrons. The van der Waals surface area contributed by atoms with Crippen molar-refractivity contribution < 1.29 is 10.9 Å². The van der Waals surface area contributed by atoms with Gasteiger partial charge in [-0.05, 0) is 0 Å². The van der Waals surface area contributed by atoms with Crippen LogP contribution in [0.2, 0.25) is 14.5 Å². The molecule has 0 amide bonds. The Hall–Kier alpha value is -1.05. The van der Waals surface area contributed by atoms with Crippen molar-refractivity contribution in [3.8, 4) is 0 Å². The molecule has 0 aromatic heterocycles. The molecule has 30 heavy (non-hydrogen) atoms. The van der Waals surface area contributed by atoms with Gasteiger partial charge in [0, 0.05) is 0 Å². The number of aryl methyl sites for hydroxylation is 1. The normalized spacial score (nSPS) is 12.1. The van der Waals surface area contributed by atoms with Crippen LogP contribution >= 0.6 is 23.2 Å². The molecule has 0 aliphatic rings. The molecule has 0 N–H and O–H groups in total. The summed E-state index contributed by atoms with van der Waals surface area (Å²) in [6, 6.07) is 21.6. The van der Waals surface area contributed by atoms with Crippen molar-refractivity contribution in [2.45, 2.75) is 36.0 Å². The van der Waals surface area contributed by atoms with Gasteiger partial charge in [0.1, 0.15) is 0 Å². The maximum atomic E-state index is 13.4. The average Bonchev–Trinajstić information content (AvgIpc) is 2.72. The van der Waals surface area contributed by atoms with Crippen LogP contribution < -0.4 is 7.16 Å². The van der Waals surface area contributed by atoms with Crippen LogP contribution in [0.1, 0.15) is 25.3 Å². The van der Waals surface area contributed by atoms with E-state index in [9.17, 15) is 8.42 Å². The van der Waals surface area contributed by atoms with Crippen LogP contribution in [0, 0.1) is 6.92 Å². The van der Waals surface area contributed by atoms with E-state index in [0.29, 0.717) is 14.5 Å². The molecule has 0 unspecified atom stereocenters. The molecule has 7 heteroatoms. The minimum absolute atomic E-state index is 0.175. The van der Waals surface area contributed by atoms with Crippen LogP contribution in [0.4, 0.5) is 0 Å². The Balaban J connectivity index is 2.19. The summed E-state index contributed by atoms with van der Waals surface area (Å²) in [7, 11) is -3.95. The van der Waals surface area contributed by atoms with Gasteiger partial charge >= 0.3 is 195 Å². The number of rotatable bonds is 8. The van der Waals surface area contributed by atoms with Crippen LogP contribution in [-0.4, -0.2) is 27.2 Å². The van der Waals surface area contributed by atoms with Gasteiger partial charge in [-0.15, -0.1) is 0 Å². The zero-order valence-corrected chi connectivity index (χ0v) is 22.1. The molecular formula is C23H24Cl2O3SSn. The molecule has 0 heterocycles. The van der Waals surface area contributed by atoms with Crippen LogP contribution in [0.3, 0.4) is 0 Å². The first-order valence-corrected chi connectivity index (χ1v) is 18.0. The molecule has 3 aromatic carbocycles. The number of hydrogen-bond acceptors (Lipinski definition) is 3. The molecular weight excluding hydrogens is 546 g/mol. The number of halogens is 2. The van der Waals surface area contributed by atoms with Crippen molar-refractivity contribution in [1.29, 1.82) is 0 Å². The monoisotopic (exact) mass is 570 g/mol. The predicted molar refractivity (Wildman–Crippen MR) is 127 cm³/mol. The summed E-state index contributed by atoms with van der Waals surface area (Å²) in [6.07, 6.45) is 1.80. The second kappa shape index (κ2) is 10.0. The van der Waals surface area contributed by atoms with E-state index in [4.69, 9.17) is 25.7 Å². The van der Waals surface area contributed by atoms with Gasteiger partial charge < -0.3 is 0 Å². The van der Waals surface area contributed by atoms with Crippen LogP contribution in [0.15, 0.2) is 77.7 Å². The Bertz CT molecular complexity index is 1040. The van der Waals surface area contributed by atoms with Gasteiger partial charge in [0.25, 0.3) is 0 Å². The Morgan fingerprint density at radius 1 is 0.800 bits per heavy atom. The molecule has 0 aliphatic heterocycles. The third-order valence-corrected chi connectivity index (χ3v) is 21.5. The van der Waals surface area contributed by atoms with E-state index in [1.807, 2.05) is 31.2 Å². The standard InChI is InChI=1S/C7H8O3S.2C6H4Cl.C4H9.Sn/c1-6-2-4-7(5-3-6)11(8,9)10;2*7-6-4-2-1-3-5-6;1-3-4-2;/h2-5H,1H3,(H,8,9,10);2*2-5H;1,3-4H2,2H3;/q;;;;+1/p-1. The first-order chi connectivity index (χ1) is 14.3. The Morgan fingerprint density at radius 2 is 1.27 bits per heavy atom. The summed E-state index contributed by atoms with van der Waals surface area (Å²) in [5.41, 5.74) is 0.991. The second-order valence-electron chi connectivity index (χ2n) is 7.29. The molecule has 0 saturated carbocycles. The van der Waals surface area contributed by atoms with Gasteiger partial charge in [-0.2, -0.15) is 0 Å². The second-order valence-corrected chi connectivity index (χ2v) is 20.6. The van der Waals surface area contributed by atoms with E-state index < -0.39 is 28.9 Å². The fourth-order valence-electron chi connectivity index (χ4n) is 3.40. The first kappa shape index (κ1) is 23.6. The molecule has 0 aliphatic carbocycles. The van der Waals surface area contributed by atoms with E-state index in [0.717, 1.165) is 25.6 Å². The van der Waals surface area contributed by atoms with Crippen LogP contribution in [0.25, 0.3) is 0 Å². The summed E-state index contributed by atoms with van der Waals surface area (Å²) in [5, 5.41) is 1.21. The summed E-state index contributed by atoms with van der Waals surface area (Å²) >= 11 is 8.10. The maximum absolute atomic E-state index is 13.4. The predicted octanol–water partition coefficient (Wildman–Crippen LogP) is 5.57. The molecule has 0 radical (unpaired) electrons. The van der Waals surface area contributed by atoms with Gasteiger partial charge in [-0.1, -0.05) is 0 Å². The van der Waals surface area contributed by atoms with E-state index in [1.165, 1.54) is 0 Å². The summed E-state index contributed by atoms with van der Waals surface area (Å²) in [4.78, 5) is 0.175. The fourth-order valence-corrected chi connectivity index (χ4v) is 20.3. The van der Waals surface area contributed by atoms with Gasteiger partial charge in [-0.3, -0.25) is 0 Å². The fraction of sp³-hybridized carbons (Fsp3) is 0.217. The Kier molecular flexibility index (Phi) is 7.91. The molecule has 3 rings (SSSR count). The van der Waals surface area contributed by atoms with Gasteiger partial charge in [-0.25, -0.2) is 0 Å². The van der Waals surface area contributed by atoms with Crippen molar-refractivity contribution in [3.05, 3.63) is 88.4 Å². The van der Waals surface area contributed by atoms with Crippen molar-refractivity contribution in [2.75, 3.05) is 0 Å². The molecule has 0 saturated heterocycles. The molecule has 0 atom stereocenters. The Morgan fingerprint density at radius 3 is 1.70 bits per heavy atom. The SMILES string of the molecule is CCC[CH2][Sn]([O]S(=O)(=O)c1ccc(C)cc1)([c]1ccc(Cl)cc1)[c]1ccc(Cl)cc1. The number of benzene rings is 3. The number of hydrogen-bond donors (Lipinski definition) is 0. The van der Waals surface area contributed by atoms with E-state index in [-0.39, 0.29) is 4.90 Å². The third kappa shape index (κ3) is 5.40.